The smallest absolute Gasteiger partial charge is 0.231 e. The second-order valence-electron chi connectivity index (χ2n) is 7.96. The maximum absolute atomic E-state index is 12.8. The zero-order valence-corrected chi connectivity index (χ0v) is 17.5. The van der Waals surface area contributed by atoms with Crippen molar-refractivity contribution >= 4 is 11.8 Å². The van der Waals surface area contributed by atoms with Gasteiger partial charge in [0.05, 0.1) is 12.0 Å². The third kappa shape index (κ3) is 4.27. The quantitative estimate of drug-likeness (QED) is 0.821. The number of nitrogens with one attached hydrogen (secondary N) is 1. The summed E-state index contributed by atoms with van der Waals surface area (Å²) in [5.74, 6) is 1.23. The summed E-state index contributed by atoms with van der Waals surface area (Å²) in [5, 5.41) is 3.02. The van der Waals surface area contributed by atoms with Crippen LogP contribution < -0.4 is 14.8 Å². The zero-order valence-electron chi connectivity index (χ0n) is 17.5. The Hall–Kier alpha value is -3.02. The third-order valence-electron chi connectivity index (χ3n) is 6.03. The maximum atomic E-state index is 12.8. The highest BCUT2D eigenvalue weighted by molar-refractivity contribution is 5.81. The molecule has 4 rings (SSSR count). The lowest BCUT2D eigenvalue weighted by molar-refractivity contribution is -0.137. The van der Waals surface area contributed by atoms with Crippen LogP contribution in [0.1, 0.15) is 49.4 Å². The molecular formula is C24H28N2O4. The Morgan fingerprint density at radius 3 is 2.50 bits per heavy atom. The topological polar surface area (TPSA) is 67.9 Å². The van der Waals surface area contributed by atoms with Gasteiger partial charge < -0.3 is 19.7 Å². The number of nitrogens with zero attached hydrogens (tertiary/aromatic N) is 1. The van der Waals surface area contributed by atoms with E-state index >= 15 is 0 Å². The minimum Gasteiger partial charge on any atom is -0.454 e. The first-order chi connectivity index (χ1) is 14.5. The number of ether oxygens (including phenoxy) is 2. The van der Waals surface area contributed by atoms with Crippen molar-refractivity contribution in [2.24, 2.45) is 5.92 Å². The Kier molecular flexibility index (Phi) is 5.93. The lowest BCUT2D eigenvalue weighted by Crippen LogP contribution is -2.46. The SMILES string of the molecule is CCc1ccc(C2CCC(C(=O)NCc3ccc4c(c3)OCO4)CN2C(C)=O)cc1. The number of aryl methyl sites for hydroxylation is 1. The van der Waals surface area contributed by atoms with Crippen molar-refractivity contribution in [3.05, 3.63) is 59.2 Å². The highest BCUT2D eigenvalue weighted by Crippen LogP contribution is 2.34. The molecule has 1 N–H and O–H groups in total. The van der Waals surface area contributed by atoms with Crippen LogP contribution >= 0.6 is 0 Å². The van der Waals surface area contributed by atoms with Crippen LogP contribution in [0.4, 0.5) is 0 Å². The Balaban J connectivity index is 1.38. The van der Waals surface area contributed by atoms with Gasteiger partial charge in [0.15, 0.2) is 11.5 Å². The molecular weight excluding hydrogens is 380 g/mol. The molecule has 2 aliphatic heterocycles. The molecule has 158 valence electrons. The molecule has 0 spiro atoms. The molecule has 1 fully saturated rings. The van der Waals surface area contributed by atoms with Gasteiger partial charge in [-0.15, -0.1) is 0 Å². The molecule has 1 saturated heterocycles. The molecule has 0 saturated carbocycles. The molecule has 0 bridgehead atoms. The van der Waals surface area contributed by atoms with E-state index in [1.807, 2.05) is 23.1 Å². The number of hydrogen-bond donors (Lipinski definition) is 1. The Labute approximate surface area is 177 Å². The van der Waals surface area contributed by atoms with Gasteiger partial charge in [0, 0.05) is 20.0 Å². The molecule has 0 aliphatic carbocycles. The minimum absolute atomic E-state index is 0.00726. The molecule has 6 nitrogen and oxygen atoms in total. The van der Waals surface area contributed by atoms with E-state index < -0.39 is 0 Å². The van der Waals surface area contributed by atoms with Gasteiger partial charge in [-0.25, -0.2) is 0 Å². The number of piperidine rings is 1. The summed E-state index contributed by atoms with van der Waals surface area (Å²) in [4.78, 5) is 27.0. The van der Waals surface area contributed by atoms with Crippen molar-refractivity contribution < 1.29 is 19.1 Å². The van der Waals surface area contributed by atoms with Crippen molar-refractivity contribution in [1.82, 2.24) is 10.2 Å². The Bertz CT molecular complexity index is 925. The van der Waals surface area contributed by atoms with Crippen LogP contribution in [0.15, 0.2) is 42.5 Å². The van der Waals surface area contributed by atoms with Gasteiger partial charge >= 0.3 is 0 Å². The van der Waals surface area contributed by atoms with Crippen molar-refractivity contribution in [1.29, 1.82) is 0 Å². The van der Waals surface area contributed by atoms with Gasteiger partial charge in [0.1, 0.15) is 0 Å². The lowest BCUT2D eigenvalue weighted by atomic mass is 9.88. The highest BCUT2D eigenvalue weighted by Gasteiger charge is 2.34. The van der Waals surface area contributed by atoms with Gasteiger partial charge in [0.2, 0.25) is 18.6 Å². The summed E-state index contributed by atoms with van der Waals surface area (Å²) < 4.78 is 10.7. The maximum Gasteiger partial charge on any atom is 0.231 e. The molecule has 2 unspecified atom stereocenters. The van der Waals surface area contributed by atoms with Crippen LogP contribution in [-0.2, 0) is 22.6 Å². The summed E-state index contributed by atoms with van der Waals surface area (Å²) in [6, 6.07) is 14.2. The van der Waals surface area contributed by atoms with E-state index in [-0.39, 0.29) is 30.6 Å². The van der Waals surface area contributed by atoms with E-state index in [0.29, 0.717) is 18.8 Å². The second kappa shape index (κ2) is 8.78. The minimum atomic E-state index is -0.200. The van der Waals surface area contributed by atoms with Crippen LogP contribution in [0.25, 0.3) is 0 Å². The fraction of sp³-hybridized carbons (Fsp3) is 0.417. The number of carbonyl (C=O) groups excluding carboxylic acids is 2. The number of hydrogen-bond acceptors (Lipinski definition) is 4. The van der Waals surface area contributed by atoms with E-state index in [9.17, 15) is 9.59 Å². The number of rotatable bonds is 5. The first kappa shape index (κ1) is 20.3. The van der Waals surface area contributed by atoms with Gasteiger partial charge in [-0.05, 0) is 48.1 Å². The fourth-order valence-corrected chi connectivity index (χ4v) is 4.24. The average molecular weight is 408 g/mol. The molecule has 2 aromatic rings. The van der Waals surface area contributed by atoms with Crippen LogP contribution in [0.2, 0.25) is 0 Å². The van der Waals surface area contributed by atoms with E-state index in [1.165, 1.54) is 5.56 Å². The number of fused-ring (bicyclic) bond motifs is 1. The van der Waals surface area contributed by atoms with Crippen molar-refractivity contribution in [2.45, 2.75) is 45.7 Å². The number of benzene rings is 2. The lowest BCUT2D eigenvalue weighted by Gasteiger charge is -2.39. The molecule has 0 radical (unpaired) electrons. The molecule has 30 heavy (non-hydrogen) atoms. The average Bonchev–Trinajstić information content (AvgIpc) is 3.25. The van der Waals surface area contributed by atoms with Crippen LogP contribution in [0.3, 0.4) is 0 Å². The van der Waals surface area contributed by atoms with Crippen molar-refractivity contribution in [3.63, 3.8) is 0 Å². The van der Waals surface area contributed by atoms with E-state index in [1.54, 1.807) is 6.92 Å². The highest BCUT2D eigenvalue weighted by atomic mass is 16.7. The van der Waals surface area contributed by atoms with E-state index in [4.69, 9.17) is 9.47 Å². The summed E-state index contributed by atoms with van der Waals surface area (Å²) in [7, 11) is 0. The molecule has 0 aromatic heterocycles. The molecule has 2 heterocycles. The van der Waals surface area contributed by atoms with Crippen LogP contribution in [0, 0.1) is 5.92 Å². The summed E-state index contributed by atoms with van der Waals surface area (Å²) in [6.45, 7) is 4.82. The standard InChI is InChI=1S/C24H28N2O4/c1-3-17-4-7-19(8-5-17)21-10-9-20(14-26(21)16(2)27)24(28)25-13-18-6-11-22-23(12-18)30-15-29-22/h4-8,11-12,20-21H,3,9-10,13-15H2,1-2H3,(H,25,28). The Morgan fingerprint density at radius 2 is 1.77 bits per heavy atom. The van der Waals surface area contributed by atoms with E-state index in [0.717, 1.165) is 36.1 Å². The largest absolute Gasteiger partial charge is 0.454 e. The molecule has 6 heteroatoms. The monoisotopic (exact) mass is 408 g/mol. The van der Waals surface area contributed by atoms with Crippen molar-refractivity contribution in [2.75, 3.05) is 13.3 Å². The number of amides is 2. The van der Waals surface area contributed by atoms with Crippen LogP contribution in [-0.4, -0.2) is 30.1 Å². The second-order valence-corrected chi connectivity index (χ2v) is 7.96. The zero-order chi connectivity index (χ0) is 21.1. The number of carbonyl (C=O) groups is 2. The van der Waals surface area contributed by atoms with Crippen LogP contribution in [0.5, 0.6) is 11.5 Å². The predicted octanol–water partition coefficient (Wildman–Crippen LogP) is 3.59. The normalized spacial score (nSPS) is 20.1. The summed E-state index contributed by atoms with van der Waals surface area (Å²) >= 11 is 0. The molecule has 2 amide bonds. The van der Waals surface area contributed by atoms with Gasteiger partial charge in [-0.3, -0.25) is 9.59 Å². The van der Waals surface area contributed by atoms with Crippen molar-refractivity contribution in [3.8, 4) is 11.5 Å². The molecule has 2 aromatic carbocycles. The fourth-order valence-electron chi connectivity index (χ4n) is 4.24. The molecule has 2 atom stereocenters. The number of likely N-dealkylation sites (tertiary alicyclic amines) is 1. The van der Waals surface area contributed by atoms with Gasteiger partial charge in [-0.1, -0.05) is 37.3 Å². The predicted molar refractivity (Wildman–Crippen MR) is 113 cm³/mol. The first-order valence-electron chi connectivity index (χ1n) is 10.6. The summed E-state index contributed by atoms with van der Waals surface area (Å²) in [6.07, 6.45) is 2.54. The summed E-state index contributed by atoms with van der Waals surface area (Å²) in [5.41, 5.74) is 3.38. The van der Waals surface area contributed by atoms with Gasteiger partial charge in [0.25, 0.3) is 0 Å². The van der Waals surface area contributed by atoms with E-state index in [2.05, 4.69) is 36.5 Å². The Morgan fingerprint density at radius 1 is 1.03 bits per heavy atom. The third-order valence-corrected chi connectivity index (χ3v) is 6.03. The van der Waals surface area contributed by atoms with Gasteiger partial charge in [-0.2, -0.15) is 0 Å². The molecule has 2 aliphatic rings. The first-order valence-corrected chi connectivity index (χ1v) is 10.6.